The molecule has 8 nitrogen and oxygen atoms in total. The molecule has 0 aliphatic rings. The third-order valence-corrected chi connectivity index (χ3v) is 5.59. The molecule has 8 heteroatoms. The molecule has 2 aromatic rings. The van der Waals surface area contributed by atoms with Crippen LogP contribution in [0.25, 0.3) is 0 Å². The van der Waals surface area contributed by atoms with E-state index in [9.17, 15) is 25.2 Å². The first-order valence-electron chi connectivity index (χ1n) is 11.3. The molecule has 0 bridgehead atoms. The normalized spacial score (nSPS) is 13.7. The number of benzene rings is 1. The van der Waals surface area contributed by atoms with Crippen LogP contribution in [0.5, 0.6) is 5.75 Å². The molecule has 2 atom stereocenters. The second-order valence-corrected chi connectivity index (χ2v) is 9.41. The molecule has 33 heavy (non-hydrogen) atoms. The van der Waals surface area contributed by atoms with Gasteiger partial charge in [-0.1, -0.05) is 38.1 Å². The van der Waals surface area contributed by atoms with E-state index in [1.165, 1.54) is 12.1 Å². The van der Waals surface area contributed by atoms with Crippen molar-refractivity contribution in [1.82, 2.24) is 15.6 Å². The maximum atomic E-state index is 12.4. The molecule has 2 rings (SSSR count). The van der Waals surface area contributed by atoms with E-state index in [-0.39, 0.29) is 54.4 Å². The molecule has 0 spiro atoms. The van der Waals surface area contributed by atoms with Crippen molar-refractivity contribution in [1.29, 1.82) is 0 Å². The minimum atomic E-state index is -0.898. The highest BCUT2D eigenvalue weighted by Crippen LogP contribution is 2.20. The zero-order valence-corrected chi connectivity index (χ0v) is 19.9. The van der Waals surface area contributed by atoms with Gasteiger partial charge < -0.3 is 31.1 Å². The van der Waals surface area contributed by atoms with E-state index in [1.54, 1.807) is 0 Å². The Labute approximate surface area is 195 Å². The van der Waals surface area contributed by atoms with E-state index in [0.717, 1.165) is 11.1 Å². The zero-order valence-electron chi connectivity index (χ0n) is 19.9. The quantitative estimate of drug-likeness (QED) is 0.284. The number of hydrogen-bond donors (Lipinski definition) is 6. The highest BCUT2D eigenvalue weighted by molar-refractivity contribution is 5.78. The van der Waals surface area contributed by atoms with E-state index in [2.05, 4.69) is 15.6 Å². The summed E-state index contributed by atoms with van der Waals surface area (Å²) in [5.41, 5.74) is 2.10. The summed E-state index contributed by atoms with van der Waals surface area (Å²) in [5.74, 6) is -0.0741. The largest absolute Gasteiger partial charge is 0.506 e. The summed E-state index contributed by atoms with van der Waals surface area (Å²) in [7, 11) is 0. The van der Waals surface area contributed by atoms with Gasteiger partial charge in [-0.25, -0.2) is 4.98 Å². The van der Waals surface area contributed by atoms with Gasteiger partial charge in [-0.2, -0.15) is 0 Å². The van der Waals surface area contributed by atoms with E-state index in [1.807, 2.05) is 52.0 Å². The molecular formula is C25H37N3O5. The zero-order chi connectivity index (χ0) is 24.6. The maximum absolute atomic E-state index is 12.4. The van der Waals surface area contributed by atoms with Crippen molar-refractivity contribution >= 4 is 5.91 Å². The molecule has 1 aromatic carbocycles. The molecular weight excluding hydrogens is 422 g/mol. The van der Waals surface area contributed by atoms with Crippen molar-refractivity contribution in [2.75, 3.05) is 13.2 Å². The number of nitrogens with one attached hydrogen (secondary N) is 2. The van der Waals surface area contributed by atoms with Gasteiger partial charge in [-0.15, -0.1) is 0 Å². The first kappa shape index (κ1) is 26.7. The molecule has 0 saturated heterocycles. The van der Waals surface area contributed by atoms with Crippen LogP contribution in [-0.2, 0) is 24.2 Å². The minimum absolute atomic E-state index is 0.0872. The number of aromatic hydroxyl groups is 1. The lowest BCUT2D eigenvalue weighted by molar-refractivity contribution is -0.121. The smallest absolute Gasteiger partial charge is 0.224 e. The van der Waals surface area contributed by atoms with E-state index in [0.29, 0.717) is 12.1 Å². The summed E-state index contributed by atoms with van der Waals surface area (Å²) in [6.07, 6.45) is 0.0138. The van der Waals surface area contributed by atoms with E-state index < -0.39 is 12.7 Å². The van der Waals surface area contributed by atoms with Crippen LogP contribution in [0.4, 0.5) is 0 Å². The highest BCUT2D eigenvalue weighted by atomic mass is 16.3. The summed E-state index contributed by atoms with van der Waals surface area (Å²) in [6, 6.07) is 10.5. The number of aliphatic hydroxyl groups excluding tert-OH is 3. The number of pyridine rings is 1. The molecule has 1 heterocycles. The summed E-state index contributed by atoms with van der Waals surface area (Å²) in [5, 5.41) is 45.0. The summed E-state index contributed by atoms with van der Waals surface area (Å²) in [6.45, 7) is 7.71. The maximum Gasteiger partial charge on any atom is 0.224 e. The van der Waals surface area contributed by atoms with Crippen molar-refractivity contribution in [2.24, 2.45) is 5.92 Å². The van der Waals surface area contributed by atoms with Crippen molar-refractivity contribution in [3.63, 3.8) is 0 Å². The Morgan fingerprint density at radius 2 is 1.82 bits per heavy atom. The Morgan fingerprint density at radius 3 is 2.45 bits per heavy atom. The summed E-state index contributed by atoms with van der Waals surface area (Å²) in [4.78, 5) is 16.5. The van der Waals surface area contributed by atoms with Crippen LogP contribution < -0.4 is 10.6 Å². The number of rotatable bonds is 12. The third-order valence-electron chi connectivity index (χ3n) is 5.59. The van der Waals surface area contributed by atoms with Crippen molar-refractivity contribution in [3.8, 4) is 5.75 Å². The first-order chi connectivity index (χ1) is 15.5. The van der Waals surface area contributed by atoms with E-state index >= 15 is 0 Å². The molecule has 6 N–H and O–H groups in total. The average molecular weight is 460 g/mol. The molecule has 1 amide bonds. The predicted octanol–water partition coefficient (Wildman–Crippen LogP) is 1.60. The number of aromatic nitrogens is 1. The monoisotopic (exact) mass is 459 g/mol. The van der Waals surface area contributed by atoms with Crippen LogP contribution in [0, 0.1) is 5.92 Å². The predicted molar refractivity (Wildman–Crippen MR) is 127 cm³/mol. The van der Waals surface area contributed by atoms with Gasteiger partial charge in [0.25, 0.3) is 0 Å². The van der Waals surface area contributed by atoms with Crippen LogP contribution in [0.15, 0.2) is 36.4 Å². The van der Waals surface area contributed by atoms with E-state index in [4.69, 9.17) is 0 Å². The van der Waals surface area contributed by atoms with Gasteiger partial charge in [0.2, 0.25) is 5.91 Å². The van der Waals surface area contributed by atoms with Gasteiger partial charge in [0.1, 0.15) is 17.5 Å². The molecule has 0 aliphatic carbocycles. The number of nitrogens with zero attached hydrogens (tertiary/aromatic N) is 1. The fourth-order valence-electron chi connectivity index (χ4n) is 3.58. The number of hydrogen-bond acceptors (Lipinski definition) is 7. The van der Waals surface area contributed by atoms with Gasteiger partial charge in [0.05, 0.1) is 31.4 Å². The third kappa shape index (κ3) is 8.40. The number of amides is 1. The standard InChI is InChI=1S/C25H37N3O5/c1-16(2)20(14-29)28-24(33)11-17-6-5-7-18(10-17)12-25(3,4)26-13-23(32)19-8-9-22(31)21(15-30)27-19/h5-10,16,20,23,26,29-32H,11-15H2,1-4H3,(H,28,33)/t20-,23?/m1/s1. The molecule has 1 unspecified atom stereocenters. The Kier molecular flexibility index (Phi) is 9.79. The van der Waals surface area contributed by atoms with Crippen molar-refractivity contribution in [3.05, 3.63) is 58.9 Å². The number of β-amino-alcohol motifs (C(OH)–C–C–N with tert-alkyl or cyclic N) is 1. The van der Waals surface area contributed by atoms with Crippen LogP contribution in [0.2, 0.25) is 0 Å². The topological polar surface area (TPSA) is 135 Å². The van der Waals surface area contributed by atoms with Crippen LogP contribution in [-0.4, -0.2) is 56.0 Å². The molecule has 0 aliphatic heterocycles. The van der Waals surface area contributed by atoms with Crippen molar-refractivity contribution in [2.45, 2.75) is 64.8 Å². The summed E-state index contributed by atoms with van der Waals surface area (Å²) >= 11 is 0. The first-order valence-corrected chi connectivity index (χ1v) is 11.3. The Bertz CT molecular complexity index is 917. The van der Waals surface area contributed by atoms with Gasteiger partial charge in [0, 0.05) is 12.1 Å². The van der Waals surface area contributed by atoms with Crippen LogP contribution in [0.1, 0.15) is 56.3 Å². The average Bonchev–Trinajstić information content (AvgIpc) is 2.76. The SMILES string of the molecule is CC(C)[C@@H](CO)NC(=O)Cc1cccc(CC(C)(C)NCC(O)c2ccc(O)c(CO)n2)c1. The Balaban J connectivity index is 1.95. The lowest BCUT2D eigenvalue weighted by Crippen LogP contribution is -2.43. The van der Waals surface area contributed by atoms with Gasteiger partial charge in [0.15, 0.2) is 0 Å². The number of carbonyl (C=O) groups excluding carboxylic acids is 1. The lowest BCUT2D eigenvalue weighted by Gasteiger charge is -2.28. The summed E-state index contributed by atoms with van der Waals surface area (Å²) < 4.78 is 0. The van der Waals surface area contributed by atoms with Crippen LogP contribution >= 0.6 is 0 Å². The molecule has 0 radical (unpaired) electrons. The molecule has 0 fully saturated rings. The molecule has 0 saturated carbocycles. The van der Waals surface area contributed by atoms with Crippen LogP contribution in [0.3, 0.4) is 0 Å². The fourth-order valence-corrected chi connectivity index (χ4v) is 3.58. The number of carbonyl (C=O) groups is 1. The Morgan fingerprint density at radius 1 is 1.12 bits per heavy atom. The highest BCUT2D eigenvalue weighted by Gasteiger charge is 2.21. The second-order valence-electron chi connectivity index (χ2n) is 9.41. The second kappa shape index (κ2) is 12.1. The fraction of sp³-hybridized carbons (Fsp3) is 0.520. The molecule has 182 valence electrons. The van der Waals surface area contributed by atoms with Crippen molar-refractivity contribution < 1.29 is 25.2 Å². The lowest BCUT2D eigenvalue weighted by atomic mass is 9.93. The van der Waals surface area contributed by atoms with Gasteiger partial charge >= 0.3 is 0 Å². The number of aliphatic hydroxyl groups is 3. The van der Waals surface area contributed by atoms with Gasteiger partial charge in [-0.05, 0) is 49.4 Å². The van der Waals surface area contributed by atoms with Gasteiger partial charge in [-0.3, -0.25) is 4.79 Å². The minimum Gasteiger partial charge on any atom is -0.506 e. The Hall–Kier alpha value is -2.52. The molecule has 1 aromatic heterocycles.